The van der Waals surface area contributed by atoms with Crippen molar-refractivity contribution >= 4 is 35.0 Å². The highest BCUT2D eigenvalue weighted by molar-refractivity contribution is 8.00. The van der Waals surface area contributed by atoms with Gasteiger partial charge in [-0.15, -0.1) is 11.8 Å². The maximum absolute atomic E-state index is 12.3. The van der Waals surface area contributed by atoms with E-state index in [0.29, 0.717) is 11.4 Å². The molecule has 5 nitrogen and oxygen atoms in total. The molecular weight excluding hydrogens is 264 g/mol. The average Bonchev–Trinajstić information content (AvgIpc) is 2.90. The topological polar surface area (TPSA) is 83.6 Å². The average molecular weight is 280 g/mol. The van der Waals surface area contributed by atoms with E-state index in [2.05, 4.69) is 0 Å². The first-order valence-electron chi connectivity index (χ1n) is 6.02. The lowest BCUT2D eigenvalue weighted by molar-refractivity contribution is -0.117. The van der Waals surface area contributed by atoms with Crippen LogP contribution in [-0.4, -0.2) is 35.0 Å². The molecule has 3 N–H and O–H groups in total. The van der Waals surface area contributed by atoms with E-state index in [9.17, 15) is 14.7 Å². The smallest absolute Gasteiger partial charge is 0.337 e. The first kappa shape index (κ1) is 13.7. The van der Waals surface area contributed by atoms with Gasteiger partial charge in [0.15, 0.2) is 0 Å². The van der Waals surface area contributed by atoms with Gasteiger partial charge < -0.3 is 15.7 Å². The fraction of sp³-hybridized carbons (Fsp3) is 0.385. The van der Waals surface area contributed by atoms with Crippen LogP contribution < -0.4 is 10.6 Å². The minimum atomic E-state index is -1.08. The van der Waals surface area contributed by atoms with Gasteiger partial charge >= 0.3 is 5.97 Å². The number of nitrogens with two attached hydrogens (primary N) is 1. The Morgan fingerprint density at radius 2 is 2.21 bits per heavy atom. The predicted molar refractivity (Wildman–Crippen MR) is 76.7 cm³/mol. The Morgan fingerprint density at radius 3 is 2.79 bits per heavy atom. The normalized spacial score (nSPS) is 18.3. The molecule has 19 heavy (non-hydrogen) atoms. The van der Waals surface area contributed by atoms with Crippen molar-refractivity contribution in [2.45, 2.75) is 18.1 Å². The van der Waals surface area contributed by atoms with Crippen LogP contribution in [0.4, 0.5) is 11.4 Å². The summed E-state index contributed by atoms with van der Waals surface area (Å²) < 4.78 is 0. The lowest BCUT2D eigenvalue weighted by Gasteiger charge is -2.22. The van der Waals surface area contributed by atoms with E-state index in [0.717, 1.165) is 18.6 Å². The third-order valence-electron chi connectivity index (χ3n) is 3.15. The molecule has 0 bridgehead atoms. The number of hydrogen-bond acceptors (Lipinski definition) is 4. The van der Waals surface area contributed by atoms with E-state index in [4.69, 9.17) is 5.73 Å². The summed E-state index contributed by atoms with van der Waals surface area (Å²) in [6, 6.07) is 4.56. The molecule has 1 aliphatic rings. The molecule has 1 heterocycles. The second-order valence-electron chi connectivity index (χ2n) is 4.48. The molecule has 0 aliphatic carbocycles. The summed E-state index contributed by atoms with van der Waals surface area (Å²) in [4.78, 5) is 24.9. The molecule has 1 saturated heterocycles. The van der Waals surface area contributed by atoms with Crippen molar-refractivity contribution in [3.05, 3.63) is 23.8 Å². The monoisotopic (exact) mass is 280 g/mol. The molecule has 0 spiro atoms. The van der Waals surface area contributed by atoms with E-state index in [1.165, 1.54) is 11.0 Å². The third-order valence-corrected chi connectivity index (χ3v) is 4.51. The Kier molecular flexibility index (Phi) is 3.99. The lowest BCUT2D eigenvalue weighted by atomic mass is 10.1. The molecule has 1 aromatic carbocycles. The van der Waals surface area contributed by atoms with Crippen molar-refractivity contribution in [3.8, 4) is 0 Å². The van der Waals surface area contributed by atoms with Crippen LogP contribution in [0, 0.1) is 0 Å². The predicted octanol–water partition coefficient (Wildman–Crippen LogP) is 1.83. The van der Waals surface area contributed by atoms with Crippen LogP contribution in [0.1, 0.15) is 23.2 Å². The Bertz CT molecular complexity index is 513. The number of thioether (sulfide) groups is 1. The number of carboxylic acids is 1. The van der Waals surface area contributed by atoms with Crippen LogP contribution in [0.25, 0.3) is 0 Å². The number of nitrogen functional groups attached to an aromatic ring is 1. The summed E-state index contributed by atoms with van der Waals surface area (Å²) in [5.41, 5.74) is 6.41. The van der Waals surface area contributed by atoms with Crippen LogP contribution in [-0.2, 0) is 4.79 Å². The highest BCUT2D eigenvalue weighted by Crippen LogP contribution is 2.30. The number of amides is 1. The first-order valence-corrected chi connectivity index (χ1v) is 7.07. The number of carbonyl (C=O) groups is 2. The van der Waals surface area contributed by atoms with Crippen molar-refractivity contribution in [1.29, 1.82) is 0 Å². The Morgan fingerprint density at radius 1 is 1.47 bits per heavy atom. The fourth-order valence-corrected chi connectivity index (χ4v) is 3.38. The zero-order valence-electron chi connectivity index (χ0n) is 10.6. The van der Waals surface area contributed by atoms with Gasteiger partial charge in [0.25, 0.3) is 0 Å². The number of carboxylic acid groups (broad SMARTS) is 1. The molecule has 1 aromatic rings. The second-order valence-corrected chi connectivity index (χ2v) is 5.79. The van der Waals surface area contributed by atoms with Crippen molar-refractivity contribution in [1.82, 2.24) is 0 Å². The van der Waals surface area contributed by atoms with Gasteiger partial charge in [-0.2, -0.15) is 0 Å². The maximum Gasteiger partial charge on any atom is 0.337 e. The zero-order valence-corrected chi connectivity index (χ0v) is 11.4. The Labute approximate surface area is 115 Å². The van der Waals surface area contributed by atoms with E-state index in [-0.39, 0.29) is 16.7 Å². The summed E-state index contributed by atoms with van der Waals surface area (Å²) in [5.74, 6) is -0.145. The van der Waals surface area contributed by atoms with Crippen molar-refractivity contribution in [3.63, 3.8) is 0 Å². The van der Waals surface area contributed by atoms with Crippen LogP contribution >= 0.6 is 11.8 Å². The molecule has 0 saturated carbocycles. The van der Waals surface area contributed by atoms with Gasteiger partial charge in [-0.3, -0.25) is 4.79 Å². The van der Waals surface area contributed by atoms with Gasteiger partial charge in [0.1, 0.15) is 0 Å². The molecule has 1 amide bonds. The molecule has 2 rings (SSSR count). The summed E-state index contributed by atoms with van der Waals surface area (Å²) in [6.07, 6.45) is 1.88. The number of anilines is 2. The van der Waals surface area contributed by atoms with Gasteiger partial charge in [0, 0.05) is 12.7 Å². The van der Waals surface area contributed by atoms with Crippen LogP contribution in [0.15, 0.2) is 18.2 Å². The van der Waals surface area contributed by atoms with E-state index >= 15 is 0 Å². The zero-order chi connectivity index (χ0) is 14.0. The minimum Gasteiger partial charge on any atom is -0.478 e. The number of aromatic carboxylic acids is 1. The van der Waals surface area contributed by atoms with Crippen molar-refractivity contribution in [2.75, 3.05) is 23.4 Å². The minimum absolute atomic E-state index is 0.0465. The van der Waals surface area contributed by atoms with Gasteiger partial charge in [-0.05, 0) is 36.8 Å². The Hall–Kier alpha value is -1.69. The second kappa shape index (κ2) is 5.52. The highest BCUT2D eigenvalue weighted by atomic mass is 32.2. The quantitative estimate of drug-likeness (QED) is 0.825. The van der Waals surface area contributed by atoms with Gasteiger partial charge in [-0.25, -0.2) is 4.79 Å². The van der Waals surface area contributed by atoms with E-state index in [1.54, 1.807) is 30.9 Å². The molecular formula is C13H16N2O3S. The number of benzene rings is 1. The number of carbonyl (C=O) groups excluding carboxylic acids is 1. The number of rotatable bonds is 3. The molecule has 0 radical (unpaired) electrons. The lowest BCUT2D eigenvalue weighted by Crippen LogP contribution is -2.34. The molecule has 1 atom stereocenters. The number of hydrogen-bond donors (Lipinski definition) is 2. The van der Waals surface area contributed by atoms with Gasteiger partial charge in [-0.1, -0.05) is 0 Å². The SMILES string of the molecule is CN(C(=O)C1CCCS1)c1ccc(N)cc1C(=O)O. The molecule has 0 aromatic heterocycles. The van der Waals surface area contributed by atoms with Gasteiger partial charge in [0.2, 0.25) is 5.91 Å². The summed E-state index contributed by atoms with van der Waals surface area (Å²) in [7, 11) is 1.61. The summed E-state index contributed by atoms with van der Waals surface area (Å²) in [5, 5.41) is 9.12. The highest BCUT2D eigenvalue weighted by Gasteiger charge is 2.28. The molecule has 102 valence electrons. The first-order chi connectivity index (χ1) is 9.00. The summed E-state index contributed by atoms with van der Waals surface area (Å²) in [6.45, 7) is 0. The Balaban J connectivity index is 2.29. The summed E-state index contributed by atoms with van der Waals surface area (Å²) >= 11 is 1.63. The van der Waals surface area contributed by atoms with Crippen molar-refractivity contribution in [2.24, 2.45) is 0 Å². The van der Waals surface area contributed by atoms with Crippen LogP contribution in [0.5, 0.6) is 0 Å². The molecule has 6 heteroatoms. The van der Waals surface area contributed by atoms with E-state index < -0.39 is 5.97 Å². The fourth-order valence-electron chi connectivity index (χ4n) is 2.12. The molecule has 1 fully saturated rings. The van der Waals surface area contributed by atoms with Crippen LogP contribution in [0.3, 0.4) is 0 Å². The van der Waals surface area contributed by atoms with Gasteiger partial charge in [0.05, 0.1) is 16.5 Å². The van der Waals surface area contributed by atoms with E-state index in [1.807, 2.05) is 0 Å². The molecule has 1 aliphatic heterocycles. The maximum atomic E-state index is 12.3. The molecule has 1 unspecified atom stereocenters. The standard InChI is InChI=1S/C13H16N2O3S/c1-15(12(16)11-3-2-6-19-11)10-5-4-8(14)7-9(10)13(17)18/h4-5,7,11H,2-3,6,14H2,1H3,(H,17,18). The largest absolute Gasteiger partial charge is 0.478 e. The van der Waals surface area contributed by atoms with Crippen molar-refractivity contribution < 1.29 is 14.7 Å². The van der Waals surface area contributed by atoms with Crippen LogP contribution in [0.2, 0.25) is 0 Å². The number of nitrogens with zero attached hydrogens (tertiary/aromatic N) is 1. The third kappa shape index (κ3) is 2.84.